The van der Waals surface area contributed by atoms with Gasteiger partial charge in [0.15, 0.2) is 0 Å². The van der Waals surface area contributed by atoms with Crippen LogP contribution in [0.25, 0.3) is 0 Å². The first kappa shape index (κ1) is 17.8. The maximum Gasteiger partial charge on any atom is 0.315 e. The molecule has 138 valence electrons. The molecule has 1 aliphatic heterocycles. The average Bonchev–Trinajstić information content (AvgIpc) is 3.05. The van der Waals surface area contributed by atoms with E-state index in [0.29, 0.717) is 24.1 Å². The Labute approximate surface area is 149 Å². The van der Waals surface area contributed by atoms with E-state index in [4.69, 9.17) is 4.42 Å². The molecule has 0 aromatic carbocycles. The van der Waals surface area contributed by atoms with E-state index in [1.807, 2.05) is 4.90 Å². The highest BCUT2D eigenvalue weighted by atomic mass is 16.3. The van der Waals surface area contributed by atoms with Crippen molar-refractivity contribution in [1.29, 1.82) is 0 Å². The molecule has 1 saturated carbocycles. The van der Waals surface area contributed by atoms with Crippen LogP contribution in [0, 0.1) is 5.92 Å². The molecule has 2 heterocycles. The molecule has 6 nitrogen and oxygen atoms in total. The second-order valence-corrected chi connectivity index (χ2v) is 7.29. The van der Waals surface area contributed by atoms with Crippen LogP contribution in [0.4, 0.5) is 4.79 Å². The largest absolute Gasteiger partial charge is 0.472 e. The molecule has 25 heavy (non-hydrogen) atoms. The van der Waals surface area contributed by atoms with Crippen molar-refractivity contribution >= 4 is 11.9 Å². The van der Waals surface area contributed by atoms with Gasteiger partial charge in [-0.05, 0) is 37.7 Å². The number of urea groups is 1. The van der Waals surface area contributed by atoms with Gasteiger partial charge in [-0.2, -0.15) is 0 Å². The number of piperidine rings is 1. The van der Waals surface area contributed by atoms with Crippen molar-refractivity contribution in [3.05, 3.63) is 24.2 Å². The Balaban J connectivity index is 1.34. The Morgan fingerprint density at radius 1 is 1.08 bits per heavy atom. The molecule has 1 aromatic rings. The summed E-state index contributed by atoms with van der Waals surface area (Å²) in [4.78, 5) is 26.2. The van der Waals surface area contributed by atoms with E-state index in [2.05, 4.69) is 10.6 Å². The van der Waals surface area contributed by atoms with Crippen LogP contribution in [-0.4, -0.2) is 42.5 Å². The zero-order chi connectivity index (χ0) is 17.5. The fourth-order valence-electron chi connectivity index (χ4n) is 3.81. The zero-order valence-corrected chi connectivity index (χ0v) is 14.8. The van der Waals surface area contributed by atoms with Crippen LogP contribution in [0.5, 0.6) is 0 Å². The second kappa shape index (κ2) is 8.92. The normalized spacial score (nSPS) is 20.1. The average molecular weight is 347 g/mol. The number of rotatable bonds is 4. The monoisotopic (exact) mass is 347 g/mol. The number of nitrogens with one attached hydrogen (secondary N) is 2. The van der Waals surface area contributed by atoms with E-state index in [1.54, 1.807) is 6.07 Å². The summed E-state index contributed by atoms with van der Waals surface area (Å²) in [6.45, 7) is 2.16. The zero-order valence-electron chi connectivity index (χ0n) is 14.8. The number of hydrogen-bond donors (Lipinski definition) is 2. The van der Waals surface area contributed by atoms with Crippen LogP contribution in [-0.2, 0) is 0 Å². The molecule has 1 aliphatic carbocycles. The summed E-state index contributed by atoms with van der Waals surface area (Å²) in [7, 11) is 0. The summed E-state index contributed by atoms with van der Waals surface area (Å²) < 4.78 is 4.98. The summed E-state index contributed by atoms with van der Waals surface area (Å²) in [5, 5.41) is 6.14. The molecule has 0 unspecified atom stereocenters. The van der Waals surface area contributed by atoms with Crippen LogP contribution in [0.1, 0.15) is 61.7 Å². The molecule has 3 amide bonds. The number of carbonyl (C=O) groups excluding carboxylic acids is 2. The van der Waals surface area contributed by atoms with E-state index in [0.717, 1.165) is 38.8 Å². The van der Waals surface area contributed by atoms with E-state index in [9.17, 15) is 9.59 Å². The molecule has 0 atom stereocenters. The van der Waals surface area contributed by atoms with Gasteiger partial charge >= 0.3 is 6.03 Å². The first-order valence-corrected chi connectivity index (χ1v) is 9.58. The Hall–Kier alpha value is -1.98. The lowest BCUT2D eigenvalue weighted by molar-refractivity contribution is 0.0689. The summed E-state index contributed by atoms with van der Waals surface area (Å²) in [5.74, 6) is 0.472. The third kappa shape index (κ3) is 5.25. The third-order valence-corrected chi connectivity index (χ3v) is 5.41. The van der Waals surface area contributed by atoms with E-state index >= 15 is 0 Å². The van der Waals surface area contributed by atoms with Crippen molar-refractivity contribution < 1.29 is 14.0 Å². The number of likely N-dealkylation sites (tertiary alicyclic amines) is 1. The van der Waals surface area contributed by atoms with Crippen molar-refractivity contribution in [2.45, 2.75) is 57.4 Å². The number of nitrogens with zero attached hydrogens (tertiary/aromatic N) is 1. The maximum absolute atomic E-state index is 12.3. The standard InChI is InChI=1S/C19H29N3O3/c23-18(16-9-12-25-14-16)22-10-7-15(8-11-22)13-20-19(24)21-17-5-3-1-2-4-6-17/h9,12,14-15,17H,1-8,10-11,13H2,(H2,20,21,24). The maximum atomic E-state index is 12.3. The van der Waals surface area contributed by atoms with Crippen molar-refractivity contribution in [3.8, 4) is 0 Å². The fourth-order valence-corrected chi connectivity index (χ4v) is 3.81. The highest BCUT2D eigenvalue weighted by Crippen LogP contribution is 2.19. The molecule has 0 bridgehead atoms. The molecule has 0 radical (unpaired) electrons. The molecule has 3 rings (SSSR count). The molecule has 2 fully saturated rings. The molecular weight excluding hydrogens is 318 g/mol. The smallest absolute Gasteiger partial charge is 0.315 e. The lowest BCUT2D eigenvalue weighted by atomic mass is 9.96. The van der Waals surface area contributed by atoms with E-state index < -0.39 is 0 Å². The van der Waals surface area contributed by atoms with Gasteiger partial charge in [0.25, 0.3) is 5.91 Å². The predicted molar refractivity (Wildman–Crippen MR) is 95.4 cm³/mol. The highest BCUT2D eigenvalue weighted by molar-refractivity contribution is 5.93. The Morgan fingerprint density at radius 2 is 1.80 bits per heavy atom. The third-order valence-electron chi connectivity index (χ3n) is 5.41. The topological polar surface area (TPSA) is 74.6 Å². The van der Waals surface area contributed by atoms with Gasteiger partial charge in [-0.25, -0.2) is 4.79 Å². The Bertz CT molecular complexity index is 542. The van der Waals surface area contributed by atoms with E-state index in [-0.39, 0.29) is 11.9 Å². The molecule has 2 N–H and O–H groups in total. The van der Waals surface area contributed by atoms with Gasteiger partial charge in [0.1, 0.15) is 6.26 Å². The van der Waals surface area contributed by atoms with Crippen molar-refractivity contribution in [3.63, 3.8) is 0 Å². The van der Waals surface area contributed by atoms with Crippen LogP contribution in [0.2, 0.25) is 0 Å². The summed E-state index contributed by atoms with van der Waals surface area (Å²) >= 11 is 0. The van der Waals surface area contributed by atoms with Crippen molar-refractivity contribution in [1.82, 2.24) is 15.5 Å². The number of amides is 3. The van der Waals surface area contributed by atoms with Crippen molar-refractivity contribution in [2.75, 3.05) is 19.6 Å². The summed E-state index contributed by atoms with van der Waals surface area (Å²) in [5.41, 5.74) is 0.611. The Kier molecular flexibility index (Phi) is 6.36. The lowest BCUT2D eigenvalue weighted by Gasteiger charge is -2.32. The van der Waals surface area contributed by atoms with Gasteiger partial charge in [0, 0.05) is 25.7 Å². The minimum absolute atomic E-state index is 0.0336. The minimum atomic E-state index is -0.0381. The predicted octanol–water partition coefficient (Wildman–Crippen LogP) is 3.15. The molecule has 2 aliphatic rings. The number of carbonyl (C=O) groups is 2. The van der Waals surface area contributed by atoms with Crippen LogP contribution in [0.3, 0.4) is 0 Å². The molecule has 1 saturated heterocycles. The molecule has 1 aromatic heterocycles. The van der Waals surface area contributed by atoms with Gasteiger partial charge in [0.2, 0.25) is 0 Å². The van der Waals surface area contributed by atoms with Crippen LogP contribution < -0.4 is 10.6 Å². The molecule has 6 heteroatoms. The van der Waals surface area contributed by atoms with Gasteiger partial charge in [-0.15, -0.1) is 0 Å². The molecule has 0 spiro atoms. The fraction of sp³-hybridized carbons (Fsp3) is 0.684. The van der Waals surface area contributed by atoms with Crippen LogP contribution in [0.15, 0.2) is 23.0 Å². The van der Waals surface area contributed by atoms with Gasteiger partial charge in [-0.3, -0.25) is 4.79 Å². The lowest BCUT2D eigenvalue weighted by Crippen LogP contribution is -2.45. The molecular formula is C19H29N3O3. The number of hydrogen-bond acceptors (Lipinski definition) is 3. The SMILES string of the molecule is O=C(NCC1CCN(C(=O)c2ccoc2)CC1)NC1CCCCCC1. The van der Waals surface area contributed by atoms with Crippen LogP contribution >= 0.6 is 0 Å². The van der Waals surface area contributed by atoms with Gasteiger partial charge < -0.3 is 20.0 Å². The summed E-state index contributed by atoms with van der Waals surface area (Å²) in [6.07, 6.45) is 12.1. The van der Waals surface area contributed by atoms with E-state index in [1.165, 1.54) is 38.2 Å². The van der Waals surface area contributed by atoms with Gasteiger partial charge in [-0.1, -0.05) is 25.7 Å². The first-order chi connectivity index (χ1) is 12.2. The second-order valence-electron chi connectivity index (χ2n) is 7.29. The summed E-state index contributed by atoms with van der Waals surface area (Å²) in [6, 6.07) is 1.99. The van der Waals surface area contributed by atoms with Crippen molar-refractivity contribution in [2.24, 2.45) is 5.92 Å². The Morgan fingerprint density at radius 3 is 2.44 bits per heavy atom. The minimum Gasteiger partial charge on any atom is -0.472 e. The number of furan rings is 1. The van der Waals surface area contributed by atoms with Gasteiger partial charge in [0.05, 0.1) is 11.8 Å². The highest BCUT2D eigenvalue weighted by Gasteiger charge is 2.24. The quantitative estimate of drug-likeness (QED) is 0.822. The first-order valence-electron chi connectivity index (χ1n) is 9.58.